The number of phenolic OH excluding ortho intramolecular Hbond substituents is 1. The molecular formula is C14H13NO4. The molecule has 0 amide bonds. The van der Waals surface area contributed by atoms with Crippen molar-refractivity contribution in [2.24, 2.45) is 0 Å². The number of phenols is 1. The number of ether oxygens (including phenoxy) is 2. The van der Waals surface area contributed by atoms with E-state index in [2.05, 4.69) is 9.72 Å². The number of benzene rings is 1. The first-order chi connectivity index (χ1) is 9.13. The molecule has 1 heterocycles. The lowest BCUT2D eigenvalue weighted by atomic mass is 10.1. The van der Waals surface area contributed by atoms with E-state index in [-0.39, 0.29) is 5.75 Å². The van der Waals surface area contributed by atoms with Crippen LogP contribution in [-0.2, 0) is 4.74 Å². The van der Waals surface area contributed by atoms with Gasteiger partial charge in [0.05, 0.1) is 25.5 Å². The molecule has 5 nitrogen and oxygen atoms in total. The van der Waals surface area contributed by atoms with Crippen LogP contribution in [0.3, 0.4) is 0 Å². The Balaban J connectivity index is 2.53. The number of methoxy groups -OCH3 is 2. The molecule has 1 aromatic heterocycles. The van der Waals surface area contributed by atoms with Crippen LogP contribution < -0.4 is 4.74 Å². The van der Waals surface area contributed by atoms with Gasteiger partial charge in [0.2, 0.25) is 5.88 Å². The van der Waals surface area contributed by atoms with Gasteiger partial charge >= 0.3 is 5.97 Å². The van der Waals surface area contributed by atoms with E-state index in [4.69, 9.17) is 4.74 Å². The van der Waals surface area contributed by atoms with Crippen molar-refractivity contribution in [1.29, 1.82) is 0 Å². The van der Waals surface area contributed by atoms with Crippen molar-refractivity contribution in [3.63, 3.8) is 0 Å². The average Bonchev–Trinajstić information content (AvgIpc) is 2.45. The van der Waals surface area contributed by atoms with E-state index < -0.39 is 5.97 Å². The number of carbonyl (C=O) groups excluding carboxylic acids is 1. The molecule has 0 saturated carbocycles. The van der Waals surface area contributed by atoms with Gasteiger partial charge in [-0.1, -0.05) is 12.1 Å². The van der Waals surface area contributed by atoms with Crippen molar-refractivity contribution in [3.05, 3.63) is 42.0 Å². The minimum atomic E-state index is -0.470. The molecule has 0 aliphatic heterocycles. The van der Waals surface area contributed by atoms with Gasteiger partial charge in [-0.05, 0) is 18.2 Å². The molecule has 5 heteroatoms. The predicted molar refractivity (Wildman–Crippen MR) is 69.2 cm³/mol. The molecule has 2 rings (SSSR count). The van der Waals surface area contributed by atoms with Crippen molar-refractivity contribution in [2.45, 2.75) is 0 Å². The van der Waals surface area contributed by atoms with Crippen LogP contribution in [0.2, 0.25) is 0 Å². The van der Waals surface area contributed by atoms with Crippen molar-refractivity contribution >= 4 is 5.97 Å². The van der Waals surface area contributed by atoms with Crippen molar-refractivity contribution in [2.75, 3.05) is 14.2 Å². The predicted octanol–water partition coefficient (Wildman–Crippen LogP) is 2.25. The Morgan fingerprint density at radius 1 is 1.21 bits per heavy atom. The Kier molecular flexibility index (Phi) is 3.66. The number of rotatable bonds is 3. The average molecular weight is 259 g/mol. The fraction of sp³-hybridized carbons (Fsp3) is 0.143. The maximum Gasteiger partial charge on any atom is 0.338 e. The van der Waals surface area contributed by atoms with Gasteiger partial charge in [-0.15, -0.1) is 0 Å². The van der Waals surface area contributed by atoms with Crippen LogP contribution >= 0.6 is 0 Å². The molecule has 1 aromatic carbocycles. The summed E-state index contributed by atoms with van der Waals surface area (Å²) in [5.74, 6) is -0.0370. The minimum absolute atomic E-state index is 0.127. The zero-order chi connectivity index (χ0) is 13.8. The molecule has 0 radical (unpaired) electrons. The van der Waals surface area contributed by atoms with E-state index in [0.29, 0.717) is 22.7 Å². The first-order valence-electron chi connectivity index (χ1n) is 5.58. The number of aromatic nitrogens is 1. The molecule has 0 aliphatic rings. The number of pyridine rings is 1. The lowest BCUT2D eigenvalue weighted by Crippen LogP contribution is -2.03. The summed E-state index contributed by atoms with van der Waals surface area (Å²) in [5.41, 5.74) is 1.55. The monoisotopic (exact) mass is 259 g/mol. The molecule has 0 aliphatic carbocycles. The van der Waals surface area contributed by atoms with Gasteiger partial charge in [0.1, 0.15) is 5.75 Å². The molecule has 0 bridgehead atoms. The molecule has 98 valence electrons. The fourth-order valence-corrected chi connectivity index (χ4v) is 1.66. The number of esters is 1. The molecule has 2 aromatic rings. The highest BCUT2D eigenvalue weighted by Gasteiger charge is 2.12. The summed E-state index contributed by atoms with van der Waals surface area (Å²) in [7, 11) is 2.78. The van der Waals surface area contributed by atoms with Gasteiger partial charge in [-0.2, -0.15) is 0 Å². The smallest absolute Gasteiger partial charge is 0.338 e. The van der Waals surface area contributed by atoms with E-state index in [1.54, 1.807) is 30.3 Å². The second kappa shape index (κ2) is 5.39. The highest BCUT2D eigenvalue weighted by Crippen LogP contribution is 2.25. The number of nitrogens with zero attached hydrogens (tertiary/aromatic N) is 1. The number of hydrogen-bond acceptors (Lipinski definition) is 5. The van der Waals surface area contributed by atoms with Gasteiger partial charge in [-0.25, -0.2) is 9.78 Å². The summed E-state index contributed by atoms with van der Waals surface area (Å²) in [5, 5.41) is 9.47. The standard InChI is InChI=1S/C14H13NO4/c1-18-13-8-10(14(17)19-2)7-12(15-13)9-4-3-5-11(16)6-9/h3-8,16H,1-2H3. The maximum absolute atomic E-state index is 11.6. The Morgan fingerprint density at radius 2 is 2.00 bits per heavy atom. The second-order valence-electron chi connectivity index (χ2n) is 3.83. The van der Waals surface area contributed by atoms with E-state index in [1.165, 1.54) is 20.3 Å². The molecule has 0 spiro atoms. The third-order valence-corrected chi connectivity index (χ3v) is 2.57. The Hall–Kier alpha value is -2.56. The van der Waals surface area contributed by atoms with E-state index in [0.717, 1.165) is 0 Å². The number of aromatic hydroxyl groups is 1. The van der Waals surface area contributed by atoms with Crippen molar-refractivity contribution < 1.29 is 19.4 Å². The quantitative estimate of drug-likeness (QED) is 0.856. The molecule has 19 heavy (non-hydrogen) atoms. The van der Waals surface area contributed by atoms with Gasteiger partial charge in [0.15, 0.2) is 0 Å². The SMILES string of the molecule is COC(=O)c1cc(OC)nc(-c2cccc(O)c2)c1. The number of hydrogen-bond donors (Lipinski definition) is 1. The van der Waals surface area contributed by atoms with E-state index in [9.17, 15) is 9.90 Å². The summed E-state index contributed by atoms with van der Waals surface area (Å²) < 4.78 is 9.74. The van der Waals surface area contributed by atoms with Crippen LogP contribution in [-0.4, -0.2) is 30.3 Å². The van der Waals surface area contributed by atoms with Gasteiger partial charge in [-0.3, -0.25) is 0 Å². The van der Waals surface area contributed by atoms with Crippen LogP contribution in [0.1, 0.15) is 10.4 Å². The lowest BCUT2D eigenvalue weighted by molar-refractivity contribution is 0.0600. The van der Waals surface area contributed by atoms with E-state index in [1.807, 2.05) is 0 Å². The molecule has 1 N–H and O–H groups in total. The molecule has 0 saturated heterocycles. The minimum Gasteiger partial charge on any atom is -0.508 e. The molecule has 0 atom stereocenters. The Morgan fingerprint density at radius 3 is 2.63 bits per heavy atom. The van der Waals surface area contributed by atoms with Gasteiger partial charge in [0.25, 0.3) is 0 Å². The summed E-state index contributed by atoms with van der Waals surface area (Å²) in [6.45, 7) is 0. The van der Waals surface area contributed by atoms with Crippen molar-refractivity contribution in [3.8, 4) is 22.9 Å². The molecule has 0 unspecified atom stereocenters. The molecule has 0 fully saturated rings. The maximum atomic E-state index is 11.6. The fourth-order valence-electron chi connectivity index (χ4n) is 1.66. The normalized spacial score (nSPS) is 10.0. The van der Waals surface area contributed by atoms with Crippen LogP contribution in [0.15, 0.2) is 36.4 Å². The van der Waals surface area contributed by atoms with Crippen molar-refractivity contribution in [1.82, 2.24) is 4.98 Å². The summed E-state index contributed by atoms with van der Waals surface area (Å²) >= 11 is 0. The zero-order valence-electron chi connectivity index (χ0n) is 10.6. The van der Waals surface area contributed by atoms with Crippen LogP contribution in [0.5, 0.6) is 11.6 Å². The van der Waals surface area contributed by atoms with Crippen LogP contribution in [0.25, 0.3) is 11.3 Å². The second-order valence-corrected chi connectivity index (χ2v) is 3.83. The van der Waals surface area contributed by atoms with E-state index >= 15 is 0 Å². The summed E-state index contributed by atoms with van der Waals surface area (Å²) in [6.07, 6.45) is 0. The highest BCUT2D eigenvalue weighted by molar-refractivity contribution is 5.91. The zero-order valence-corrected chi connectivity index (χ0v) is 10.6. The first kappa shape index (κ1) is 12.9. The third-order valence-electron chi connectivity index (χ3n) is 2.57. The Bertz CT molecular complexity index is 610. The van der Waals surface area contributed by atoms with Gasteiger partial charge < -0.3 is 14.6 Å². The molecular weight excluding hydrogens is 246 g/mol. The summed E-state index contributed by atoms with van der Waals surface area (Å²) in [6, 6.07) is 9.68. The lowest BCUT2D eigenvalue weighted by Gasteiger charge is -2.07. The topological polar surface area (TPSA) is 68.7 Å². The van der Waals surface area contributed by atoms with Gasteiger partial charge in [0, 0.05) is 11.6 Å². The Labute approximate surface area is 110 Å². The third kappa shape index (κ3) is 2.82. The largest absolute Gasteiger partial charge is 0.508 e. The van der Waals surface area contributed by atoms with Crippen LogP contribution in [0.4, 0.5) is 0 Å². The first-order valence-corrected chi connectivity index (χ1v) is 5.58. The van der Waals surface area contributed by atoms with Crippen LogP contribution in [0, 0.1) is 0 Å². The highest BCUT2D eigenvalue weighted by atomic mass is 16.5. The number of carbonyl (C=O) groups is 1. The summed E-state index contributed by atoms with van der Waals surface area (Å²) in [4.78, 5) is 15.8.